The van der Waals surface area contributed by atoms with Gasteiger partial charge in [0, 0.05) is 30.8 Å². The standard InChI is InChI=1S/C19H17N5O7/c1-9-12(23-14(25)8-11-15(16(23)20)18(27)21-17(11)26)6-10(7-13(9)24(29)30)19(28)22-2-4-31-5-3-22/h6-8H,2-5,20H2,1H3,(H,21,26,27). The maximum absolute atomic E-state index is 12.9. The Labute approximate surface area is 174 Å². The Kier molecular flexibility index (Phi) is 4.78. The number of imide groups is 1. The number of nitro groups is 1. The van der Waals surface area contributed by atoms with E-state index in [1.165, 1.54) is 17.9 Å². The second kappa shape index (κ2) is 7.32. The first-order valence-corrected chi connectivity index (χ1v) is 9.28. The van der Waals surface area contributed by atoms with Gasteiger partial charge in [-0.25, -0.2) is 0 Å². The van der Waals surface area contributed by atoms with Crippen molar-refractivity contribution < 1.29 is 24.0 Å². The van der Waals surface area contributed by atoms with Crippen LogP contribution in [0.25, 0.3) is 5.69 Å². The second-order valence-corrected chi connectivity index (χ2v) is 7.08. The number of nitrogen functional groups attached to an aromatic ring is 1. The van der Waals surface area contributed by atoms with E-state index < -0.39 is 28.2 Å². The van der Waals surface area contributed by atoms with Gasteiger partial charge in [0.05, 0.1) is 40.5 Å². The molecule has 0 aliphatic carbocycles. The fraction of sp³-hybridized carbons (Fsp3) is 0.263. The summed E-state index contributed by atoms with van der Waals surface area (Å²) in [5, 5.41) is 13.7. The number of nitrogens with one attached hydrogen (secondary N) is 1. The van der Waals surface area contributed by atoms with Crippen LogP contribution in [0, 0.1) is 17.0 Å². The normalized spacial score (nSPS) is 15.6. The highest BCUT2D eigenvalue weighted by Gasteiger charge is 2.33. The summed E-state index contributed by atoms with van der Waals surface area (Å²) in [6.45, 7) is 2.72. The number of ether oxygens (including phenoxy) is 1. The number of rotatable bonds is 3. The van der Waals surface area contributed by atoms with Crippen molar-refractivity contribution >= 4 is 29.2 Å². The molecule has 1 saturated heterocycles. The minimum Gasteiger partial charge on any atom is -0.384 e. The molecule has 1 aromatic heterocycles. The fourth-order valence-electron chi connectivity index (χ4n) is 3.71. The average Bonchev–Trinajstić information content (AvgIpc) is 3.02. The molecule has 3 amide bonds. The monoisotopic (exact) mass is 427 g/mol. The molecule has 0 radical (unpaired) electrons. The van der Waals surface area contributed by atoms with E-state index in [-0.39, 0.29) is 39.4 Å². The quantitative estimate of drug-likeness (QED) is 0.392. The van der Waals surface area contributed by atoms with Gasteiger partial charge in [0.25, 0.3) is 29.0 Å². The van der Waals surface area contributed by atoms with Crippen LogP contribution in [-0.2, 0) is 4.74 Å². The van der Waals surface area contributed by atoms with Gasteiger partial charge >= 0.3 is 0 Å². The summed E-state index contributed by atoms with van der Waals surface area (Å²) in [6, 6.07) is 3.40. The Morgan fingerprint density at radius 1 is 1.16 bits per heavy atom. The van der Waals surface area contributed by atoms with Crippen molar-refractivity contribution in [2.75, 3.05) is 32.0 Å². The van der Waals surface area contributed by atoms with Crippen LogP contribution < -0.4 is 16.6 Å². The Hall–Kier alpha value is -4.06. The molecule has 160 valence electrons. The van der Waals surface area contributed by atoms with Crippen LogP contribution in [0.2, 0.25) is 0 Å². The molecule has 1 aromatic carbocycles. The molecule has 31 heavy (non-hydrogen) atoms. The lowest BCUT2D eigenvalue weighted by Gasteiger charge is -2.27. The number of hydrogen-bond acceptors (Lipinski definition) is 8. The lowest BCUT2D eigenvalue weighted by atomic mass is 10.0. The van der Waals surface area contributed by atoms with Crippen molar-refractivity contribution in [1.29, 1.82) is 0 Å². The van der Waals surface area contributed by atoms with Crippen molar-refractivity contribution in [2.45, 2.75) is 6.92 Å². The summed E-state index contributed by atoms with van der Waals surface area (Å²) in [5.74, 6) is -2.35. The lowest BCUT2D eigenvalue weighted by Crippen LogP contribution is -2.40. The first-order chi connectivity index (χ1) is 14.7. The summed E-state index contributed by atoms with van der Waals surface area (Å²) >= 11 is 0. The minimum atomic E-state index is -0.779. The number of anilines is 1. The molecule has 2 aliphatic rings. The van der Waals surface area contributed by atoms with E-state index in [1.54, 1.807) is 0 Å². The molecular formula is C19H17N5O7. The van der Waals surface area contributed by atoms with Crippen LogP contribution in [0.4, 0.5) is 11.5 Å². The molecule has 1 fully saturated rings. The molecule has 3 N–H and O–H groups in total. The molecule has 4 rings (SSSR count). The number of aromatic nitrogens is 1. The van der Waals surface area contributed by atoms with Crippen LogP contribution in [0.5, 0.6) is 0 Å². The van der Waals surface area contributed by atoms with Crippen LogP contribution in [0.1, 0.15) is 36.6 Å². The highest BCUT2D eigenvalue weighted by atomic mass is 16.6. The van der Waals surface area contributed by atoms with Gasteiger partial charge in [0.15, 0.2) is 0 Å². The number of hydrogen-bond donors (Lipinski definition) is 2. The average molecular weight is 427 g/mol. The fourth-order valence-corrected chi connectivity index (χ4v) is 3.71. The van der Waals surface area contributed by atoms with Gasteiger partial charge < -0.3 is 15.4 Å². The third kappa shape index (κ3) is 3.22. The Bertz CT molecular complexity index is 1230. The third-order valence-electron chi connectivity index (χ3n) is 5.29. The SMILES string of the molecule is Cc1c(-n2c(N)c3c(cc2=O)C(=O)NC3=O)cc(C(=O)N2CCOCC2)cc1[N+](=O)[O-]. The highest BCUT2D eigenvalue weighted by Crippen LogP contribution is 2.30. The minimum absolute atomic E-state index is 0.0125. The maximum Gasteiger partial charge on any atom is 0.275 e. The predicted octanol–water partition coefficient (Wildman–Crippen LogP) is -0.00768. The van der Waals surface area contributed by atoms with Gasteiger partial charge in [-0.15, -0.1) is 0 Å². The zero-order valence-electron chi connectivity index (χ0n) is 16.3. The Morgan fingerprint density at radius 2 is 1.84 bits per heavy atom. The first-order valence-electron chi connectivity index (χ1n) is 9.28. The zero-order chi connectivity index (χ0) is 22.4. The zero-order valence-corrected chi connectivity index (χ0v) is 16.3. The summed E-state index contributed by atoms with van der Waals surface area (Å²) < 4.78 is 6.12. The number of amides is 3. The van der Waals surface area contributed by atoms with Gasteiger partial charge in [0.1, 0.15) is 5.82 Å². The summed E-state index contributed by atoms with van der Waals surface area (Å²) in [4.78, 5) is 62.2. The molecule has 0 unspecified atom stereocenters. The molecule has 0 saturated carbocycles. The maximum atomic E-state index is 12.9. The van der Waals surface area contributed by atoms with Gasteiger partial charge in [0.2, 0.25) is 0 Å². The Morgan fingerprint density at radius 3 is 2.48 bits per heavy atom. The number of morpholine rings is 1. The third-order valence-corrected chi connectivity index (χ3v) is 5.29. The number of benzene rings is 1. The Balaban J connectivity index is 1.94. The lowest BCUT2D eigenvalue weighted by molar-refractivity contribution is -0.385. The number of nitrogens with zero attached hydrogens (tertiary/aromatic N) is 3. The topological polar surface area (TPSA) is 167 Å². The van der Waals surface area contributed by atoms with Crippen molar-refractivity contribution in [3.8, 4) is 5.69 Å². The van der Waals surface area contributed by atoms with E-state index >= 15 is 0 Å². The number of fused-ring (bicyclic) bond motifs is 1. The van der Waals surface area contributed by atoms with E-state index in [1.807, 2.05) is 0 Å². The highest BCUT2D eigenvalue weighted by molar-refractivity contribution is 6.23. The summed E-state index contributed by atoms with van der Waals surface area (Å²) in [5.41, 5.74) is 4.56. The van der Waals surface area contributed by atoms with Crippen molar-refractivity contribution in [3.63, 3.8) is 0 Å². The van der Waals surface area contributed by atoms with Crippen molar-refractivity contribution in [3.05, 3.63) is 60.9 Å². The smallest absolute Gasteiger partial charge is 0.275 e. The predicted molar refractivity (Wildman–Crippen MR) is 106 cm³/mol. The van der Waals surface area contributed by atoms with Crippen LogP contribution in [0.15, 0.2) is 23.0 Å². The first kappa shape index (κ1) is 20.2. The van der Waals surface area contributed by atoms with Crippen molar-refractivity contribution in [2.24, 2.45) is 0 Å². The second-order valence-electron chi connectivity index (χ2n) is 7.08. The van der Waals surface area contributed by atoms with Crippen LogP contribution in [-0.4, -0.2) is 58.4 Å². The number of nitro benzene ring substituents is 1. The molecule has 3 heterocycles. The van der Waals surface area contributed by atoms with Crippen LogP contribution in [0.3, 0.4) is 0 Å². The van der Waals surface area contributed by atoms with Gasteiger partial charge in [-0.3, -0.25) is 39.2 Å². The molecule has 12 nitrogen and oxygen atoms in total. The van der Waals surface area contributed by atoms with Gasteiger partial charge in [-0.05, 0) is 13.0 Å². The molecular weight excluding hydrogens is 410 g/mol. The van der Waals surface area contributed by atoms with Crippen LogP contribution >= 0.6 is 0 Å². The van der Waals surface area contributed by atoms with Gasteiger partial charge in [-0.2, -0.15) is 0 Å². The van der Waals surface area contributed by atoms with Crippen molar-refractivity contribution in [1.82, 2.24) is 14.8 Å². The summed E-state index contributed by atoms with van der Waals surface area (Å²) in [6.07, 6.45) is 0. The van der Waals surface area contributed by atoms with E-state index in [0.29, 0.717) is 26.3 Å². The molecule has 2 aliphatic heterocycles. The van der Waals surface area contributed by atoms with E-state index in [2.05, 4.69) is 5.32 Å². The molecule has 0 bridgehead atoms. The van der Waals surface area contributed by atoms with Gasteiger partial charge in [-0.1, -0.05) is 0 Å². The van der Waals surface area contributed by atoms with E-state index in [4.69, 9.17) is 10.5 Å². The number of carbonyl (C=O) groups is 3. The number of pyridine rings is 1. The molecule has 12 heteroatoms. The molecule has 0 atom stereocenters. The number of nitrogens with two attached hydrogens (primary N) is 1. The molecule has 0 spiro atoms. The summed E-state index contributed by atoms with van der Waals surface area (Å²) in [7, 11) is 0. The van der Waals surface area contributed by atoms with E-state index in [0.717, 1.165) is 16.7 Å². The molecule has 2 aromatic rings. The largest absolute Gasteiger partial charge is 0.384 e. The number of carbonyl (C=O) groups excluding carboxylic acids is 3. The van der Waals surface area contributed by atoms with E-state index in [9.17, 15) is 29.3 Å².